The van der Waals surface area contributed by atoms with Crippen molar-refractivity contribution in [2.24, 2.45) is 0 Å². The molecular formula is C38H33NO10S2. The van der Waals surface area contributed by atoms with Gasteiger partial charge in [0.25, 0.3) is 5.91 Å². The Balaban J connectivity index is 1.46. The maximum atomic E-state index is 14.5. The number of hydrogen-bond acceptors (Lipinski definition) is 10. The van der Waals surface area contributed by atoms with Gasteiger partial charge in [0.05, 0.1) is 12.7 Å². The highest BCUT2D eigenvalue weighted by molar-refractivity contribution is 7.87. The van der Waals surface area contributed by atoms with Crippen LogP contribution in [0.25, 0.3) is 0 Å². The van der Waals surface area contributed by atoms with Gasteiger partial charge in [-0.1, -0.05) is 71.8 Å². The molecule has 0 saturated carbocycles. The van der Waals surface area contributed by atoms with Gasteiger partial charge in [-0.15, -0.1) is 0 Å². The second-order valence-corrected chi connectivity index (χ2v) is 15.0. The van der Waals surface area contributed by atoms with Crippen molar-refractivity contribution in [3.63, 3.8) is 0 Å². The van der Waals surface area contributed by atoms with Crippen LogP contribution in [0.5, 0.6) is 17.2 Å². The van der Waals surface area contributed by atoms with Gasteiger partial charge in [0.2, 0.25) is 0 Å². The normalized spacial score (nSPS) is 12.6. The zero-order valence-corrected chi connectivity index (χ0v) is 29.5. The lowest BCUT2D eigenvalue weighted by Gasteiger charge is -2.22. The van der Waals surface area contributed by atoms with E-state index in [1.54, 1.807) is 80.6 Å². The molecule has 262 valence electrons. The number of nitrogens with zero attached hydrogens (tertiary/aromatic N) is 1. The molecule has 0 fully saturated rings. The second kappa shape index (κ2) is 14.3. The molecule has 5 aromatic rings. The van der Waals surface area contributed by atoms with Crippen LogP contribution in [0.2, 0.25) is 0 Å². The van der Waals surface area contributed by atoms with Gasteiger partial charge < -0.3 is 22.7 Å². The van der Waals surface area contributed by atoms with Crippen LogP contribution in [0.3, 0.4) is 0 Å². The molecule has 0 bridgehead atoms. The Bertz CT molecular complexity index is 2320. The monoisotopic (exact) mass is 727 g/mol. The first kappa shape index (κ1) is 35.2. The molecule has 1 amide bonds. The van der Waals surface area contributed by atoms with Crippen molar-refractivity contribution in [3.05, 3.63) is 148 Å². The topological polar surface area (TPSA) is 143 Å². The number of hydrogen-bond donors (Lipinski definition) is 0. The van der Waals surface area contributed by atoms with Gasteiger partial charge >= 0.3 is 26.2 Å². The van der Waals surface area contributed by atoms with E-state index in [9.17, 15) is 26.4 Å². The Morgan fingerprint density at radius 3 is 1.84 bits per heavy atom. The predicted molar refractivity (Wildman–Crippen MR) is 187 cm³/mol. The standard InChI is InChI=1S/C38H33NO10S2/c1-25-9-15-32(16-10-25)50(42,43)48-31-20-34(47-24-27-7-5-4-6-8-27)36(35(21-31)49-51(44,45)33-17-11-26(2)12-18-33)37(40)39-22-29-14-13-28(38(41)46-3)19-30(29)23-39/h4-21H,22-24H2,1-3H3. The van der Waals surface area contributed by atoms with Crippen LogP contribution >= 0.6 is 0 Å². The van der Waals surface area contributed by atoms with Crippen molar-refractivity contribution in [2.75, 3.05) is 7.11 Å². The van der Waals surface area contributed by atoms with E-state index >= 15 is 0 Å². The number of esters is 1. The van der Waals surface area contributed by atoms with Gasteiger partial charge in [-0.05, 0) is 66.9 Å². The van der Waals surface area contributed by atoms with E-state index in [0.29, 0.717) is 16.7 Å². The molecule has 0 atom stereocenters. The molecule has 0 N–H and O–H groups in total. The molecule has 6 rings (SSSR count). The molecule has 13 heteroatoms. The maximum Gasteiger partial charge on any atom is 0.339 e. The van der Waals surface area contributed by atoms with Gasteiger partial charge in [-0.25, -0.2) is 4.79 Å². The lowest BCUT2D eigenvalue weighted by Crippen LogP contribution is -2.27. The van der Waals surface area contributed by atoms with E-state index in [4.69, 9.17) is 17.8 Å². The third kappa shape index (κ3) is 7.89. The quantitative estimate of drug-likeness (QED) is 0.111. The number of benzene rings is 5. The highest BCUT2D eigenvalue weighted by atomic mass is 32.2. The number of methoxy groups -OCH3 is 1. The van der Waals surface area contributed by atoms with Gasteiger partial charge in [0.15, 0.2) is 5.75 Å². The Labute approximate surface area is 296 Å². The Hall–Kier alpha value is -5.66. The summed E-state index contributed by atoms with van der Waals surface area (Å²) in [6.45, 7) is 3.72. The van der Waals surface area contributed by atoms with Crippen molar-refractivity contribution in [3.8, 4) is 17.2 Å². The fourth-order valence-corrected chi connectivity index (χ4v) is 7.28. The van der Waals surface area contributed by atoms with Crippen LogP contribution < -0.4 is 13.1 Å². The maximum absolute atomic E-state index is 14.5. The molecule has 0 radical (unpaired) electrons. The van der Waals surface area contributed by atoms with Crippen molar-refractivity contribution in [1.29, 1.82) is 0 Å². The Morgan fingerprint density at radius 1 is 0.667 bits per heavy atom. The SMILES string of the molecule is COC(=O)c1ccc2c(c1)CN(C(=O)c1c(OCc3ccccc3)cc(OS(=O)(=O)c3ccc(C)cc3)cc1OS(=O)(=O)c1ccc(C)cc1)C2. The van der Waals surface area contributed by atoms with Crippen molar-refractivity contribution in [1.82, 2.24) is 4.90 Å². The average Bonchev–Trinajstić information content (AvgIpc) is 3.54. The molecule has 5 aromatic carbocycles. The summed E-state index contributed by atoms with van der Waals surface area (Å²) in [5.41, 5.74) is 3.84. The molecule has 0 aliphatic carbocycles. The number of fused-ring (bicyclic) bond motifs is 1. The van der Waals surface area contributed by atoms with Crippen LogP contribution in [0.15, 0.2) is 119 Å². The average molecular weight is 728 g/mol. The first-order chi connectivity index (χ1) is 24.3. The first-order valence-corrected chi connectivity index (χ1v) is 18.5. The minimum absolute atomic E-state index is 0.0673. The van der Waals surface area contributed by atoms with E-state index < -0.39 is 37.9 Å². The minimum atomic E-state index is -4.57. The summed E-state index contributed by atoms with van der Waals surface area (Å²) >= 11 is 0. The minimum Gasteiger partial charge on any atom is -0.488 e. The largest absolute Gasteiger partial charge is 0.488 e. The second-order valence-electron chi connectivity index (χ2n) is 11.9. The summed E-state index contributed by atoms with van der Waals surface area (Å²) in [7, 11) is -7.72. The number of rotatable bonds is 11. The van der Waals surface area contributed by atoms with Crippen molar-refractivity contribution >= 4 is 32.1 Å². The Morgan fingerprint density at radius 2 is 1.24 bits per heavy atom. The molecule has 0 spiro atoms. The first-order valence-electron chi connectivity index (χ1n) is 15.7. The van der Waals surface area contributed by atoms with Crippen LogP contribution in [0, 0.1) is 13.8 Å². The van der Waals surface area contributed by atoms with Gasteiger partial charge in [0.1, 0.15) is 33.5 Å². The smallest absolute Gasteiger partial charge is 0.339 e. The van der Waals surface area contributed by atoms with Crippen LogP contribution in [0.1, 0.15) is 48.5 Å². The fourth-order valence-electron chi connectivity index (χ4n) is 5.43. The van der Waals surface area contributed by atoms with Crippen LogP contribution in [-0.2, 0) is 44.7 Å². The van der Waals surface area contributed by atoms with Gasteiger partial charge in [0, 0.05) is 25.2 Å². The lowest BCUT2D eigenvalue weighted by molar-refractivity contribution is 0.0600. The van der Waals surface area contributed by atoms with E-state index in [1.807, 2.05) is 6.07 Å². The van der Waals surface area contributed by atoms with Crippen molar-refractivity contribution in [2.45, 2.75) is 43.3 Å². The third-order valence-electron chi connectivity index (χ3n) is 8.15. The predicted octanol–water partition coefficient (Wildman–Crippen LogP) is 6.36. The summed E-state index contributed by atoms with van der Waals surface area (Å²) in [5, 5.41) is 0. The summed E-state index contributed by atoms with van der Waals surface area (Å²) in [6.07, 6.45) is 0. The highest BCUT2D eigenvalue weighted by Crippen LogP contribution is 2.40. The fraction of sp³-hybridized carbons (Fsp3) is 0.158. The van der Waals surface area contributed by atoms with Gasteiger partial charge in [-0.2, -0.15) is 16.8 Å². The summed E-state index contributed by atoms with van der Waals surface area (Å²) in [5.74, 6) is -2.24. The molecular weight excluding hydrogens is 695 g/mol. The number of carbonyl (C=O) groups excluding carboxylic acids is 2. The third-order valence-corrected chi connectivity index (χ3v) is 10.7. The molecule has 1 aliphatic rings. The van der Waals surface area contributed by atoms with Gasteiger partial charge in [-0.3, -0.25) is 4.79 Å². The molecule has 11 nitrogen and oxygen atoms in total. The summed E-state index contributed by atoms with van der Waals surface area (Å²) in [6, 6.07) is 28.1. The zero-order valence-electron chi connectivity index (χ0n) is 27.9. The van der Waals surface area contributed by atoms with E-state index in [1.165, 1.54) is 42.3 Å². The van der Waals surface area contributed by atoms with Crippen LogP contribution in [-0.4, -0.2) is 40.7 Å². The Kier molecular flexibility index (Phi) is 9.86. The molecule has 1 aliphatic heterocycles. The number of carbonyl (C=O) groups is 2. The number of aryl methyl sites for hydroxylation is 2. The molecule has 0 unspecified atom stereocenters. The molecule has 51 heavy (non-hydrogen) atoms. The van der Waals surface area contributed by atoms with Crippen molar-refractivity contribution < 1.29 is 44.3 Å². The highest BCUT2D eigenvalue weighted by Gasteiger charge is 2.33. The number of amides is 1. The van der Waals surface area contributed by atoms with E-state index in [-0.39, 0.29) is 46.5 Å². The molecule has 0 aromatic heterocycles. The summed E-state index contributed by atoms with van der Waals surface area (Å²) in [4.78, 5) is 27.8. The summed E-state index contributed by atoms with van der Waals surface area (Å²) < 4.78 is 76.2. The van der Waals surface area contributed by atoms with Crippen LogP contribution in [0.4, 0.5) is 0 Å². The molecule has 1 heterocycles. The van der Waals surface area contributed by atoms with E-state index in [2.05, 4.69) is 0 Å². The lowest BCUT2D eigenvalue weighted by atomic mass is 10.1. The molecule has 0 saturated heterocycles. The number of ether oxygens (including phenoxy) is 2. The zero-order chi connectivity index (χ0) is 36.3. The van der Waals surface area contributed by atoms with E-state index in [0.717, 1.165) is 22.8 Å².